The largest absolute Gasteiger partial charge is 0.468 e. The highest BCUT2D eigenvalue weighted by Crippen LogP contribution is 2.18. The van der Waals surface area contributed by atoms with E-state index in [0.717, 1.165) is 25.4 Å². The van der Waals surface area contributed by atoms with Crippen molar-refractivity contribution in [3.8, 4) is 5.88 Å². The second-order valence-electron chi connectivity index (χ2n) is 4.88. The summed E-state index contributed by atoms with van der Waals surface area (Å²) in [4.78, 5) is 3.48. The van der Waals surface area contributed by atoms with Crippen LogP contribution in [0.15, 0.2) is 23.2 Å². The summed E-state index contributed by atoms with van der Waals surface area (Å²) in [6.07, 6.45) is -2.13. The third-order valence-electron chi connectivity index (χ3n) is 3.06. The van der Waals surface area contributed by atoms with Gasteiger partial charge >= 0.3 is 6.18 Å². The predicted molar refractivity (Wildman–Crippen MR) is 72.0 cm³/mol. The average Bonchev–Trinajstić information content (AvgIpc) is 2.45. The molecule has 124 valence electrons. The molecule has 2 N–H and O–H groups in total. The molecule has 0 saturated carbocycles. The first-order valence-corrected chi connectivity index (χ1v) is 8.13. The number of ether oxygens (including phenoxy) is 1. The maximum absolute atomic E-state index is 12.1. The molecule has 0 spiro atoms. The third-order valence-corrected chi connectivity index (χ3v) is 4.57. The lowest BCUT2D eigenvalue weighted by atomic mass is 10.1. The molecule has 1 aliphatic rings. The SMILES string of the molecule is O=S(=O)(NC1CCNCC1)c1ccc(OCC(F)(F)F)nc1. The minimum Gasteiger partial charge on any atom is -0.468 e. The molecule has 0 atom stereocenters. The van der Waals surface area contributed by atoms with E-state index in [4.69, 9.17) is 0 Å². The Labute approximate surface area is 126 Å². The van der Waals surface area contributed by atoms with Crippen LogP contribution < -0.4 is 14.8 Å². The van der Waals surface area contributed by atoms with E-state index in [1.54, 1.807) is 0 Å². The first kappa shape index (κ1) is 17.0. The van der Waals surface area contributed by atoms with Crippen LogP contribution in [0.25, 0.3) is 0 Å². The van der Waals surface area contributed by atoms with Gasteiger partial charge in [0.2, 0.25) is 15.9 Å². The van der Waals surface area contributed by atoms with E-state index in [9.17, 15) is 21.6 Å². The maximum atomic E-state index is 12.1. The highest BCUT2D eigenvalue weighted by atomic mass is 32.2. The summed E-state index contributed by atoms with van der Waals surface area (Å²) in [5, 5.41) is 3.12. The number of alkyl halides is 3. The number of hydrogen-bond acceptors (Lipinski definition) is 5. The molecule has 0 aliphatic carbocycles. The molecule has 1 saturated heterocycles. The molecule has 1 fully saturated rings. The van der Waals surface area contributed by atoms with Gasteiger partial charge in [-0.2, -0.15) is 13.2 Å². The van der Waals surface area contributed by atoms with E-state index in [0.29, 0.717) is 12.8 Å². The van der Waals surface area contributed by atoms with Gasteiger partial charge in [-0.15, -0.1) is 0 Å². The van der Waals surface area contributed by atoms with Gasteiger partial charge in [0.05, 0.1) is 6.20 Å². The number of pyridine rings is 1. The Morgan fingerprint density at radius 1 is 1.32 bits per heavy atom. The lowest BCUT2D eigenvalue weighted by molar-refractivity contribution is -0.154. The van der Waals surface area contributed by atoms with E-state index in [1.807, 2.05) is 0 Å². The van der Waals surface area contributed by atoms with Crippen LogP contribution in [0.5, 0.6) is 5.88 Å². The molecule has 1 aromatic heterocycles. The molecule has 0 bridgehead atoms. The van der Waals surface area contributed by atoms with Crippen molar-refractivity contribution in [1.82, 2.24) is 15.0 Å². The van der Waals surface area contributed by atoms with Crippen molar-refractivity contribution < 1.29 is 26.3 Å². The normalized spacial score (nSPS) is 17.4. The van der Waals surface area contributed by atoms with Crippen LogP contribution in [0.4, 0.5) is 13.2 Å². The highest BCUT2D eigenvalue weighted by molar-refractivity contribution is 7.89. The van der Waals surface area contributed by atoms with E-state index in [-0.39, 0.29) is 16.8 Å². The Balaban J connectivity index is 1.99. The van der Waals surface area contributed by atoms with E-state index >= 15 is 0 Å². The maximum Gasteiger partial charge on any atom is 0.422 e. The second-order valence-corrected chi connectivity index (χ2v) is 6.60. The number of piperidine rings is 1. The van der Waals surface area contributed by atoms with Gasteiger partial charge < -0.3 is 10.1 Å². The van der Waals surface area contributed by atoms with Crippen molar-refractivity contribution in [2.75, 3.05) is 19.7 Å². The molecule has 2 rings (SSSR count). The van der Waals surface area contributed by atoms with Crippen LogP contribution in [-0.4, -0.2) is 45.3 Å². The Morgan fingerprint density at radius 3 is 2.55 bits per heavy atom. The number of hydrogen-bond donors (Lipinski definition) is 2. The molecular formula is C12H16F3N3O3S. The Hall–Kier alpha value is -1.39. The average molecular weight is 339 g/mol. The minimum atomic E-state index is -4.47. The molecule has 2 heterocycles. The van der Waals surface area contributed by atoms with Crippen molar-refractivity contribution in [2.45, 2.75) is 30.0 Å². The number of nitrogens with zero attached hydrogens (tertiary/aromatic N) is 1. The van der Waals surface area contributed by atoms with Gasteiger partial charge in [0.25, 0.3) is 0 Å². The summed E-state index contributed by atoms with van der Waals surface area (Å²) in [5.41, 5.74) is 0. The summed E-state index contributed by atoms with van der Waals surface area (Å²) in [6.45, 7) is -0.00919. The highest BCUT2D eigenvalue weighted by Gasteiger charge is 2.29. The van der Waals surface area contributed by atoms with Crippen LogP contribution in [0.2, 0.25) is 0 Å². The zero-order chi connectivity index (χ0) is 16.2. The molecule has 0 aromatic carbocycles. The topological polar surface area (TPSA) is 80.3 Å². The summed E-state index contributed by atoms with van der Waals surface area (Å²) in [7, 11) is -3.74. The molecule has 6 nitrogen and oxygen atoms in total. The van der Waals surface area contributed by atoms with Gasteiger partial charge in [-0.3, -0.25) is 0 Å². The van der Waals surface area contributed by atoms with Crippen molar-refractivity contribution in [3.63, 3.8) is 0 Å². The Morgan fingerprint density at radius 2 is 2.00 bits per heavy atom. The standard InChI is InChI=1S/C12H16F3N3O3S/c13-12(14,15)8-21-11-2-1-10(7-17-11)22(19,20)18-9-3-5-16-6-4-9/h1-2,7,9,16,18H,3-6,8H2. The van der Waals surface area contributed by atoms with Gasteiger partial charge in [0.1, 0.15) is 4.90 Å². The molecular weight excluding hydrogens is 323 g/mol. The third kappa shape index (κ3) is 5.11. The predicted octanol–water partition coefficient (Wildman–Crippen LogP) is 1.05. The minimum absolute atomic E-state index is 0.106. The number of halogens is 3. The number of nitrogens with one attached hydrogen (secondary N) is 2. The van der Waals surface area contributed by atoms with Crippen molar-refractivity contribution in [3.05, 3.63) is 18.3 Å². The lowest BCUT2D eigenvalue weighted by Gasteiger charge is -2.23. The Kier molecular flexibility index (Phi) is 5.24. The second kappa shape index (κ2) is 6.80. The molecule has 0 radical (unpaired) electrons. The summed E-state index contributed by atoms with van der Waals surface area (Å²) in [6, 6.07) is 2.11. The van der Waals surface area contributed by atoms with E-state index in [1.165, 1.54) is 6.07 Å². The van der Waals surface area contributed by atoms with Crippen LogP contribution >= 0.6 is 0 Å². The van der Waals surface area contributed by atoms with Gasteiger partial charge in [0.15, 0.2) is 6.61 Å². The number of aromatic nitrogens is 1. The fourth-order valence-corrected chi connectivity index (χ4v) is 3.24. The number of sulfonamides is 1. The zero-order valence-corrected chi connectivity index (χ0v) is 12.4. The number of rotatable bonds is 5. The lowest BCUT2D eigenvalue weighted by Crippen LogP contribution is -2.42. The monoisotopic (exact) mass is 339 g/mol. The first-order valence-electron chi connectivity index (χ1n) is 6.65. The van der Waals surface area contributed by atoms with E-state index < -0.39 is 22.8 Å². The van der Waals surface area contributed by atoms with Gasteiger partial charge in [0, 0.05) is 12.1 Å². The molecule has 1 aromatic rings. The van der Waals surface area contributed by atoms with Crippen LogP contribution in [0.1, 0.15) is 12.8 Å². The first-order chi connectivity index (χ1) is 10.3. The molecule has 22 heavy (non-hydrogen) atoms. The summed E-state index contributed by atoms with van der Waals surface area (Å²) < 4.78 is 67.3. The molecule has 10 heteroatoms. The quantitative estimate of drug-likeness (QED) is 0.838. The fraction of sp³-hybridized carbons (Fsp3) is 0.583. The molecule has 0 unspecified atom stereocenters. The van der Waals surface area contributed by atoms with Crippen LogP contribution in [0, 0.1) is 0 Å². The summed E-state index contributed by atoms with van der Waals surface area (Å²) in [5.74, 6) is -0.279. The van der Waals surface area contributed by atoms with E-state index in [2.05, 4.69) is 19.8 Å². The smallest absolute Gasteiger partial charge is 0.422 e. The van der Waals surface area contributed by atoms with Gasteiger partial charge in [-0.1, -0.05) is 0 Å². The van der Waals surface area contributed by atoms with Crippen LogP contribution in [-0.2, 0) is 10.0 Å². The Bertz CT molecular complexity index is 584. The van der Waals surface area contributed by atoms with Gasteiger partial charge in [-0.25, -0.2) is 18.1 Å². The van der Waals surface area contributed by atoms with Crippen molar-refractivity contribution in [1.29, 1.82) is 0 Å². The molecule has 1 aliphatic heterocycles. The van der Waals surface area contributed by atoms with Crippen LogP contribution in [0.3, 0.4) is 0 Å². The molecule has 0 amide bonds. The fourth-order valence-electron chi connectivity index (χ4n) is 1.99. The zero-order valence-electron chi connectivity index (χ0n) is 11.6. The van der Waals surface area contributed by atoms with Gasteiger partial charge in [-0.05, 0) is 32.0 Å². The van der Waals surface area contributed by atoms with Crippen molar-refractivity contribution in [2.24, 2.45) is 0 Å². The summed E-state index contributed by atoms with van der Waals surface area (Å²) >= 11 is 0. The van der Waals surface area contributed by atoms with Crippen molar-refractivity contribution >= 4 is 10.0 Å².